The highest BCUT2D eigenvalue weighted by molar-refractivity contribution is 6.50. The van der Waals surface area contributed by atoms with Gasteiger partial charge in [0.1, 0.15) is 0 Å². The van der Waals surface area contributed by atoms with E-state index in [4.69, 9.17) is 4.74 Å². The molecule has 1 unspecified atom stereocenters. The minimum atomic E-state index is -6.00. The normalized spacial score (nSPS) is 17.5. The van der Waals surface area contributed by atoms with Gasteiger partial charge in [-0.1, -0.05) is 5.10 Å². The second-order valence-electron chi connectivity index (χ2n) is 4.36. The van der Waals surface area contributed by atoms with E-state index in [9.17, 15) is 17.3 Å². The molecule has 0 aliphatic carbocycles. The van der Waals surface area contributed by atoms with Gasteiger partial charge in [-0.05, 0) is 20.8 Å². The zero-order chi connectivity index (χ0) is 15.5. The highest BCUT2D eigenvalue weighted by atomic mass is 19.5. The summed E-state index contributed by atoms with van der Waals surface area (Å²) in [5.74, 6) is 0. The van der Waals surface area contributed by atoms with Crippen molar-refractivity contribution in [3.63, 3.8) is 0 Å². The van der Waals surface area contributed by atoms with Crippen molar-refractivity contribution in [2.24, 2.45) is 12.1 Å². The molecule has 1 aromatic rings. The largest absolute Gasteiger partial charge is 0.673 e. The van der Waals surface area contributed by atoms with Crippen molar-refractivity contribution in [3.05, 3.63) is 22.5 Å². The summed E-state index contributed by atoms with van der Waals surface area (Å²) >= 11 is 0. The molecule has 114 valence electrons. The number of hydrogen-bond acceptors (Lipinski definition) is 2. The SMILES string of the molecule is CCOC1[NH2+]N=Cc2c1c(C)n(C)c2C.F[B-](F)(F)F. The predicted octanol–water partition coefficient (Wildman–Crippen LogP) is 1.89. The van der Waals surface area contributed by atoms with E-state index in [1.54, 1.807) is 0 Å². The van der Waals surface area contributed by atoms with Crippen molar-refractivity contribution in [1.29, 1.82) is 0 Å². The zero-order valence-electron chi connectivity index (χ0n) is 11.8. The first-order valence-electron chi connectivity index (χ1n) is 6.18. The quantitative estimate of drug-likeness (QED) is 0.505. The van der Waals surface area contributed by atoms with Crippen molar-refractivity contribution >= 4 is 13.5 Å². The third-order valence-electron chi connectivity index (χ3n) is 3.13. The molecule has 2 heterocycles. The molecular weight excluding hydrogens is 277 g/mol. The summed E-state index contributed by atoms with van der Waals surface area (Å²) in [6.07, 6.45) is 1.95. The molecule has 0 amide bonds. The Morgan fingerprint density at radius 2 is 1.85 bits per heavy atom. The van der Waals surface area contributed by atoms with Gasteiger partial charge in [-0.15, -0.1) is 0 Å². The van der Waals surface area contributed by atoms with Crippen LogP contribution in [-0.4, -0.2) is 24.6 Å². The van der Waals surface area contributed by atoms with Gasteiger partial charge in [0, 0.05) is 24.0 Å². The van der Waals surface area contributed by atoms with Crippen LogP contribution in [0, 0.1) is 13.8 Å². The molecule has 20 heavy (non-hydrogen) atoms. The van der Waals surface area contributed by atoms with Gasteiger partial charge < -0.3 is 26.6 Å². The number of halogens is 4. The molecule has 1 aromatic heterocycles. The van der Waals surface area contributed by atoms with Crippen molar-refractivity contribution < 1.29 is 27.4 Å². The minimum Gasteiger partial charge on any atom is -0.418 e. The first-order valence-corrected chi connectivity index (χ1v) is 6.18. The molecule has 9 heteroatoms. The summed E-state index contributed by atoms with van der Waals surface area (Å²) in [5, 5.41) is 4.25. The van der Waals surface area contributed by atoms with Crippen LogP contribution in [0.2, 0.25) is 0 Å². The van der Waals surface area contributed by atoms with Gasteiger partial charge in [-0.25, -0.2) is 0 Å². The van der Waals surface area contributed by atoms with E-state index in [0.29, 0.717) is 6.61 Å². The zero-order valence-corrected chi connectivity index (χ0v) is 11.8. The van der Waals surface area contributed by atoms with Crippen molar-refractivity contribution in [2.45, 2.75) is 27.0 Å². The van der Waals surface area contributed by atoms with Crippen molar-refractivity contribution in [1.82, 2.24) is 4.57 Å². The van der Waals surface area contributed by atoms with Crippen LogP contribution in [0.3, 0.4) is 0 Å². The van der Waals surface area contributed by atoms with Crippen LogP contribution in [0.5, 0.6) is 0 Å². The van der Waals surface area contributed by atoms with E-state index in [2.05, 4.69) is 30.6 Å². The molecule has 0 aromatic carbocycles. The smallest absolute Gasteiger partial charge is 0.418 e. The molecule has 0 spiro atoms. The number of quaternary nitrogens is 1. The monoisotopic (exact) mass is 295 g/mol. The Balaban J connectivity index is 0.000000347. The summed E-state index contributed by atoms with van der Waals surface area (Å²) in [7, 11) is -3.92. The van der Waals surface area contributed by atoms with Crippen LogP contribution >= 0.6 is 0 Å². The molecule has 2 N–H and O–H groups in total. The number of nitrogens with zero attached hydrogens (tertiary/aromatic N) is 2. The van der Waals surface area contributed by atoms with Gasteiger partial charge in [-0.3, -0.25) is 0 Å². The number of rotatable bonds is 2. The van der Waals surface area contributed by atoms with Crippen LogP contribution in [-0.2, 0) is 11.8 Å². The van der Waals surface area contributed by atoms with Crippen molar-refractivity contribution in [3.8, 4) is 0 Å². The van der Waals surface area contributed by atoms with Crippen LogP contribution in [0.1, 0.15) is 35.7 Å². The van der Waals surface area contributed by atoms with E-state index in [0.717, 1.165) is 0 Å². The standard InChI is InChI=1S/C11H17N3O.BF4/c1-5-15-11-10-8(3)14(4)7(2)9(10)6-12-13-11;2-1(3,4)5/h6,11,13H,5H2,1-4H3;/q;-1/p+1. The molecule has 0 saturated heterocycles. The van der Waals surface area contributed by atoms with Gasteiger partial charge >= 0.3 is 7.25 Å². The summed E-state index contributed by atoms with van der Waals surface area (Å²) in [4.78, 5) is 0. The molecule has 1 atom stereocenters. The molecule has 4 nitrogen and oxygen atoms in total. The molecule has 0 bridgehead atoms. The van der Waals surface area contributed by atoms with Crippen LogP contribution in [0.25, 0.3) is 0 Å². The van der Waals surface area contributed by atoms with E-state index < -0.39 is 7.25 Å². The second-order valence-corrected chi connectivity index (χ2v) is 4.36. The van der Waals surface area contributed by atoms with Crippen LogP contribution in [0.4, 0.5) is 17.3 Å². The minimum absolute atomic E-state index is 0.0231. The lowest BCUT2D eigenvalue weighted by Gasteiger charge is -2.16. The van der Waals surface area contributed by atoms with Gasteiger partial charge in [0.2, 0.25) is 6.23 Å². The maximum absolute atomic E-state index is 9.75. The molecule has 0 saturated carbocycles. The first kappa shape index (κ1) is 16.7. The average molecular weight is 295 g/mol. The van der Waals surface area contributed by atoms with E-state index in [1.165, 1.54) is 22.5 Å². The predicted molar refractivity (Wildman–Crippen MR) is 69.0 cm³/mol. The highest BCUT2D eigenvalue weighted by Gasteiger charge is 2.28. The maximum Gasteiger partial charge on any atom is 0.673 e. The lowest BCUT2D eigenvalue weighted by atomic mass is 10.1. The van der Waals surface area contributed by atoms with E-state index in [1.807, 2.05) is 18.6 Å². The Hall–Kier alpha value is -1.35. The Morgan fingerprint density at radius 1 is 1.30 bits per heavy atom. The highest BCUT2D eigenvalue weighted by Crippen LogP contribution is 2.26. The van der Waals surface area contributed by atoms with Gasteiger partial charge in [0.25, 0.3) is 0 Å². The lowest BCUT2D eigenvalue weighted by Crippen LogP contribution is -2.81. The Labute approximate surface area is 114 Å². The number of nitrogens with two attached hydrogens (primary N) is 1. The number of hydrogen-bond donors (Lipinski definition) is 1. The van der Waals surface area contributed by atoms with Gasteiger partial charge in [0.05, 0.1) is 18.4 Å². The van der Waals surface area contributed by atoms with Gasteiger partial charge in [0.15, 0.2) is 0 Å². The lowest BCUT2D eigenvalue weighted by molar-refractivity contribution is -0.741. The fourth-order valence-electron chi connectivity index (χ4n) is 2.10. The average Bonchev–Trinajstić information content (AvgIpc) is 2.54. The topological polar surface area (TPSA) is 43.1 Å². The van der Waals surface area contributed by atoms with Crippen LogP contribution < -0.4 is 5.43 Å². The van der Waals surface area contributed by atoms with Gasteiger partial charge in [-0.2, -0.15) is 5.43 Å². The molecule has 0 fully saturated rings. The summed E-state index contributed by atoms with van der Waals surface area (Å²) in [6, 6.07) is 0. The second kappa shape index (κ2) is 6.40. The number of aromatic nitrogens is 1. The van der Waals surface area contributed by atoms with Crippen LogP contribution in [0.15, 0.2) is 5.10 Å². The maximum atomic E-state index is 9.75. The Bertz CT molecular complexity index is 493. The summed E-state index contributed by atoms with van der Waals surface area (Å²) in [5.41, 5.74) is 6.88. The van der Waals surface area contributed by atoms with E-state index in [-0.39, 0.29) is 6.23 Å². The molecular formula is C11H18BF4N3O. The molecule has 1 aliphatic heterocycles. The first-order chi connectivity index (χ1) is 9.16. The molecule has 1 aliphatic rings. The third-order valence-corrected chi connectivity index (χ3v) is 3.13. The third kappa shape index (κ3) is 4.07. The fourth-order valence-corrected chi connectivity index (χ4v) is 2.10. The summed E-state index contributed by atoms with van der Waals surface area (Å²) in [6.45, 7) is 6.97. The number of fused-ring (bicyclic) bond motifs is 1. The fraction of sp³-hybridized carbons (Fsp3) is 0.545. The number of ether oxygens (including phenoxy) is 1. The summed E-state index contributed by atoms with van der Waals surface area (Å²) < 4.78 is 46.9. The Kier molecular flexibility index (Phi) is 5.35. The molecule has 2 rings (SSSR count). The molecule has 0 radical (unpaired) electrons. The van der Waals surface area contributed by atoms with Crippen molar-refractivity contribution in [2.75, 3.05) is 6.61 Å². The Morgan fingerprint density at radius 3 is 2.35 bits per heavy atom. The van der Waals surface area contributed by atoms with E-state index >= 15 is 0 Å².